The van der Waals surface area contributed by atoms with Crippen molar-refractivity contribution in [1.29, 1.82) is 0 Å². The van der Waals surface area contributed by atoms with Crippen LogP contribution in [0.15, 0.2) is 24.3 Å². The quantitative estimate of drug-likeness (QED) is 0.774. The van der Waals surface area contributed by atoms with Crippen molar-refractivity contribution >= 4 is 6.29 Å². The smallest absolute Gasteiger partial charge is 0.129 e. The van der Waals surface area contributed by atoms with Gasteiger partial charge in [0.25, 0.3) is 0 Å². The molecule has 19 heavy (non-hydrogen) atoms. The molecular weight excluding hydrogens is 238 g/mol. The molecule has 1 fully saturated rings. The first-order valence-electron chi connectivity index (χ1n) is 7.15. The SMILES string of the molecule is O=CC1(CN2CCc3ccccc3CC2)CCOC1. The summed E-state index contributed by atoms with van der Waals surface area (Å²) in [6, 6.07) is 8.69. The molecule has 0 N–H and O–H groups in total. The number of ether oxygens (including phenoxy) is 1. The van der Waals surface area contributed by atoms with Gasteiger partial charge in [-0.25, -0.2) is 0 Å². The number of hydrogen-bond acceptors (Lipinski definition) is 3. The molecule has 2 aliphatic rings. The molecule has 102 valence electrons. The molecule has 3 heteroatoms. The van der Waals surface area contributed by atoms with E-state index >= 15 is 0 Å². The van der Waals surface area contributed by atoms with E-state index in [9.17, 15) is 4.79 Å². The van der Waals surface area contributed by atoms with Gasteiger partial charge in [0.1, 0.15) is 6.29 Å². The van der Waals surface area contributed by atoms with E-state index < -0.39 is 0 Å². The van der Waals surface area contributed by atoms with E-state index in [0.717, 1.165) is 51.8 Å². The summed E-state index contributed by atoms with van der Waals surface area (Å²) in [6.07, 6.45) is 4.18. The third-order valence-electron chi connectivity index (χ3n) is 4.44. The van der Waals surface area contributed by atoms with Gasteiger partial charge < -0.3 is 14.4 Å². The highest BCUT2D eigenvalue weighted by Crippen LogP contribution is 2.28. The highest BCUT2D eigenvalue weighted by atomic mass is 16.5. The fraction of sp³-hybridized carbons (Fsp3) is 0.562. The lowest BCUT2D eigenvalue weighted by atomic mass is 9.88. The zero-order valence-electron chi connectivity index (χ0n) is 11.3. The topological polar surface area (TPSA) is 29.5 Å². The van der Waals surface area contributed by atoms with Gasteiger partial charge in [0.15, 0.2) is 0 Å². The summed E-state index contributed by atoms with van der Waals surface area (Å²) < 4.78 is 5.43. The lowest BCUT2D eigenvalue weighted by molar-refractivity contribution is -0.117. The molecule has 0 spiro atoms. The average molecular weight is 259 g/mol. The third kappa shape index (κ3) is 2.72. The Bertz CT molecular complexity index is 425. The van der Waals surface area contributed by atoms with Gasteiger partial charge in [-0.1, -0.05) is 24.3 Å². The monoisotopic (exact) mass is 259 g/mol. The summed E-state index contributed by atoms with van der Waals surface area (Å²) in [7, 11) is 0. The summed E-state index contributed by atoms with van der Waals surface area (Å²) in [6.45, 7) is 4.27. The largest absolute Gasteiger partial charge is 0.380 e. The summed E-state index contributed by atoms with van der Waals surface area (Å²) in [5.41, 5.74) is 2.68. The molecule has 1 saturated heterocycles. The Morgan fingerprint density at radius 1 is 1.21 bits per heavy atom. The standard InChI is InChI=1S/C16H21NO2/c18-12-16(7-10-19-13-16)11-17-8-5-14-3-1-2-4-15(14)6-9-17/h1-4,12H,5-11,13H2. The molecule has 2 heterocycles. The van der Waals surface area contributed by atoms with Crippen molar-refractivity contribution in [2.45, 2.75) is 19.3 Å². The van der Waals surface area contributed by atoms with Crippen LogP contribution in [0.25, 0.3) is 0 Å². The summed E-state index contributed by atoms with van der Waals surface area (Å²) >= 11 is 0. The van der Waals surface area contributed by atoms with E-state index in [0.29, 0.717) is 6.61 Å². The van der Waals surface area contributed by atoms with Crippen LogP contribution in [-0.4, -0.2) is 44.0 Å². The van der Waals surface area contributed by atoms with Gasteiger partial charge in [-0.3, -0.25) is 0 Å². The minimum Gasteiger partial charge on any atom is -0.380 e. The van der Waals surface area contributed by atoms with Gasteiger partial charge in [-0.05, 0) is 30.4 Å². The van der Waals surface area contributed by atoms with E-state index in [1.54, 1.807) is 0 Å². The van der Waals surface area contributed by atoms with Gasteiger partial charge in [-0.15, -0.1) is 0 Å². The number of rotatable bonds is 3. The van der Waals surface area contributed by atoms with Crippen LogP contribution in [0.2, 0.25) is 0 Å². The second kappa shape index (κ2) is 5.43. The van der Waals surface area contributed by atoms with Crippen LogP contribution in [0.5, 0.6) is 0 Å². The molecule has 1 aromatic rings. The zero-order valence-corrected chi connectivity index (χ0v) is 11.3. The molecule has 0 amide bonds. The Kier molecular flexibility index (Phi) is 3.67. The first kappa shape index (κ1) is 12.8. The van der Waals surface area contributed by atoms with Gasteiger partial charge in [-0.2, -0.15) is 0 Å². The molecule has 0 saturated carbocycles. The van der Waals surface area contributed by atoms with Crippen LogP contribution in [0.3, 0.4) is 0 Å². The minimum atomic E-state index is -0.253. The molecule has 3 rings (SSSR count). The van der Waals surface area contributed by atoms with Crippen molar-refractivity contribution in [3.8, 4) is 0 Å². The van der Waals surface area contributed by atoms with Gasteiger partial charge >= 0.3 is 0 Å². The van der Waals surface area contributed by atoms with Crippen LogP contribution in [0.1, 0.15) is 17.5 Å². The predicted molar refractivity (Wildman–Crippen MR) is 74.2 cm³/mol. The number of fused-ring (bicyclic) bond motifs is 1. The number of nitrogens with zero attached hydrogens (tertiary/aromatic N) is 1. The van der Waals surface area contributed by atoms with Crippen molar-refractivity contribution in [2.75, 3.05) is 32.8 Å². The number of aldehydes is 1. The second-order valence-corrected chi connectivity index (χ2v) is 5.83. The molecule has 0 radical (unpaired) electrons. The first-order chi connectivity index (χ1) is 9.31. The van der Waals surface area contributed by atoms with Crippen molar-refractivity contribution in [2.24, 2.45) is 5.41 Å². The summed E-state index contributed by atoms with van der Waals surface area (Å²) in [4.78, 5) is 13.8. The van der Waals surface area contributed by atoms with E-state index in [4.69, 9.17) is 4.74 Å². The summed E-state index contributed by atoms with van der Waals surface area (Å²) in [5, 5.41) is 0. The van der Waals surface area contributed by atoms with Crippen LogP contribution in [0, 0.1) is 5.41 Å². The van der Waals surface area contributed by atoms with E-state index in [1.165, 1.54) is 11.1 Å². The molecule has 1 unspecified atom stereocenters. The van der Waals surface area contributed by atoms with E-state index in [2.05, 4.69) is 29.2 Å². The number of benzene rings is 1. The Morgan fingerprint density at radius 3 is 2.42 bits per heavy atom. The second-order valence-electron chi connectivity index (χ2n) is 5.83. The molecule has 0 bridgehead atoms. The van der Waals surface area contributed by atoms with Gasteiger partial charge in [0.2, 0.25) is 0 Å². The normalized spacial score (nSPS) is 27.8. The lowest BCUT2D eigenvalue weighted by Gasteiger charge is -2.29. The average Bonchev–Trinajstić information content (AvgIpc) is 2.82. The van der Waals surface area contributed by atoms with Crippen molar-refractivity contribution in [3.05, 3.63) is 35.4 Å². The van der Waals surface area contributed by atoms with Crippen molar-refractivity contribution in [1.82, 2.24) is 4.90 Å². The Morgan fingerprint density at radius 2 is 1.89 bits per heavy atom. The number of hydrogen-bond donors (Lipinski definition) is 0. The van der Waals surface area contributed by atoms with Crippen molar-refractivity contribution in [3.63, 3.8) is 0 Å². The predicted octanol–water partition coefficient (Wildman–Crippen LogP) is 1.69. The highest BCUT2D eigenvalue weighted by Gasteiger charge is 2.36. The Labute approximate surface area is 114 Å². The molecular formula is C16H21NO2. The first-order valence-corrected chi connectivity index (χ1v) is 7.15. The summed E-state index contributed by atoms with van der Waals surface area (Å²) in [5.74, 6) is 0. The molecule has 0 aliphatic carbocycles. The van der Waals surface area contributed by atoms with E-state index in [-0.39, 0.29) is 5.41 Å². The number of carbonyl (C=O) groups excluding carboxylic acids is 1. The molecule has 1 atom stereocenters. The Balaban J connectivity index is 1.67. The maximum Gasteiger partial charge on any atom is 0.129 e. The van der Waals surface area contributed by atoms with Crippen LogP contribution >= 0.6 is 0 Å². The highest BCUT2D eigenvalue weighted by molar-refractivity contribution is 5.60. The fourth-order valence-electron chi connectivity index (χ4n) is 3.20. The minimum absolute atomic E-state index is 0.253. The van der Waals surface area contributed by atoms with Gasteiger partial charge in [0.05, 0.1) is 12.0 Å². The lowest BCUT2D eigenvalue weighted by Crippen LogP contribution is -2.40. The molecule has 2 aliphatic heterocycles. The zero-order chi connectivity index (χ0) is 13.1. The number of carbonyl (C=O) groups is 1. The Hall–Kier alpha value is -1.19. The third-order valence-corrected chi connectivity index (χ3v) is 4.44. The molecule has 1 aromatic carbocycles. The van der Waals surface area contributed by atoms with Crippen LogP contribution in [0.4, 0.5) is 0 Å². The molecule has 3 nitrogen and oxygen atoms in total. The van der Waals surface area contributed by atoms with Crippen LogP contribution in [-0.2, 0) is 22.4 Å². The maximum atomic E-state index is 11.4. The van der Waals surface area contributed by atoms with Crippen LogP contribution < -0.4 is 0 Å². The maximum absolute atomic E-state index is 11.4. The fourth-order valence-corrected chi connectivity index (χ4v) is 3.20. The van der Waals surface area contributed by atoms with E-state index in [1.807, 2.05) is 0 Å². The molecule has 0 aromatic heterocycles. The van der Waals surface area contributed by atoms with Crippen molar-refractivity contribution < 1.29 is 9.53 Å². The van der Waals surface area contributed by atoms with Gasteiger partial charge in [0, 0.05) is 26.2 Å².